The fourth-order valence-corrected chi connectivity index (χ4v) is 6.27. The third-order valence-electron chi connectivity index (χ3n) is 7.81. The second-order valence-corrected chi connectivity index (χ2v) is 9.68. The predicted octanol–water partition coefficient (Wildman–Crippen LogP) is 8.85. The maximum absolute atomic E-state index is 6.59. The molecular weight excluding hydrogens is 424 g/mol. The molecular formula is C34H22O. The van der Waals surface area contributed by atoms with Gasteiger partial charge in [0.25, 0.3) is 0 Å². The molecule has 0 N–H and O–H groups in total. The standard InChI is InChI=1S/C34H22O/c1-5-11-28-21(7-1)14-17-30-33(28)32(34-29-12-6-2-8-22(29)15-18-31(34)35-30)24-13-16-27-25(20-24)19-23-9-3-4-10-26(23)27/h1-18,20,32H,19H2. The van der Waals surface area contributed by atoms with Gasteiger partial charge in [-0.25, -0.2) is 0 Å². The summed E-state index contributed by atoms with van der Waals surface area (Å²) in [5, 5.41) is 5.02. The number of benzene rings is 6. The van der Waals surface area contributed by atoms with Crippen LogP contribution in [0.5, 0.6) is 11.5 Å². The van der Waals surface area contributed by atoms with E-state index in [1.807, 2.05) is 0 Å². The Kier molecular flexibility index (Phi) is 3.84. The van der Waals surface area contributed by atoms with Crippen LogP contribution in [-0.4, -0.2) is 0 Å². The molecule has 0 spiro atoms. The molecule has 0 fully saturated rings. The summed E-state index contributed by atoms with van der Waals surface area (Å²) in [5.41, 5.74) is 9.44. The van der Waals surface area contributed by atoms with Crippen LogP contribution in [0.1, 0.15) is 33.7 Å². The SMILES string of the molecule is c1ccc2c(c1)Cc1cc(C3c4c(ccc5ccccc45)Oc4ccc5ccccc5c43)ccc1-2. The van der Waals surface area contributed by atoms with Gasteiger partial charge in [-0.3, -0.25) is 0 Å². The molecule has 6 aromatic carbocycles. The van der Waals surface area contributed by atoms with Gasteiger partial charge in [0.1, 0.15) is 11.5 Å². The van der Waals surface area contributed by atoms with E-state index in [4.69, 9.17) is 4.74 Å². The van der Waals surface area contributed by atoms with Gasteiger partial charge in [0, 0.05) is 17.0 Å². The summed E-state index contributed by atoms with van der Waals surface area (Å²) < 4.78 is 6.59. The molecule has 0 amide bonds. The van der Waals surface area contributed by atoms with Crippen molar-refractivity contribution >= 4 is 21.5 Å². The zero-order valence-corrected chi connectivity index (χ0v) is 19.2. The van der Waals surface area contributed by atoms with Gasteiger partial charge >= 0.3 is 0 Å². The van der Waals surface area contributed by atoms with Gasteiger partial charge in [0.2, 0.25) is 0 Å². The minimum atomic E-state index is 0.0972. The summed E-state index contributed by atoms with van der Waals surface area (Å²) in [6.45, 7) is 0. The first-order chi connectivity index (χ1) is 17.3. The van der Waals surface area contributed by atoms with Gasteiger partial charge in [-0.15, -0.1) is 0 Å². The smallest absolute Gasteiger partial charge is 0.132 e. The summed E-state index contributed by atoms with van der Waals surface area (Å²) in [6.07, 6.45) is 0.993. The molecule has 0 radical (unpaired) electrons. The van der Waals surface area contributed by atoms with Gasteiger partial charge in [0.05, 0.1) is 0 Å². The Morgan fingerprint density at radius 2 is 1.11 bits per heavy atom. The second kappa shape index (κ2) is 7.07. The van der Waals surface area contributed by atoms with Crippen LogP contribution in [0.3, 0.4) is 0 Å². The first kappa shape index (κ1) is 19.0. The molecule has 0 saturated carbocycles. The van der Waals surface area contributed by atoms with Crippen LogP contribution in [0.4, 0.5) is 0 Å². The lowest BCUT2D eigenvalue weighted by Crippen LogP contribution is -2.13. The van der Waals surface area contributed by atoms with E-state index in [1.54, 1.807) is 0 Å². The van der Waals surface area contributed by atoms with Gasteiger partial charge in [-0.1, -0.05) is 103 Å². The highest BCUT2D eigenvalue weighted by Crippen LogP contribution is 2.52. The van der Waals surface area contributed by atoms with Crippen LogP contribution in [0.2, 0.25) is 0 Å². The van der Waals surface area contributed by atoms with Gasteiger partial charge in [-0.2, -0.15) is 0 Å². The molecule has 0 atom stereocenters. The molecule has 0 aromatic heterocycles. The van der Waals surface area contributed by atoms with Crippen LogP contribution in [-0.2, 0) is 6.42 Å². The highest BCUT2D eigenvalue weighted by atomic mass is 16.5. The van der Waals surface area contributed by atoms with E-state index in [1.165, 1.54) is 60.5 Å². The van der Waals surface area contributed by atoms with Crippen LogP contribution in [0.25, 0.3) is 32.7 Å². The molecule has 1 heteroatoms. The molecule has 0 unspecified atom stereocenters. The van der Waals surface area contributed by atoms with E-state index in [9.17, 15) is 0 Å². The van der Waals surface area contributed by atoms with E-state index in [2.05, 4.69) is 115 Å². The number of hydrogen-bond donors (Lipinski definition) is 0. The van der Waals surface area contributed by atoms with Crippen LogP contribution in [0.15, 0.2) is 115 Å². The Balaban J connectivity index is 1.44. The zero-order chi connectivity index (χ0) is 22.9. The molecule has 1 heterocycles. The third kappa shape index (κ3) is 2.70. The van der Waals surface area contributed by atoms with Crippen molar-refractivity contribution in [3.8, 4) is 22.6 Å². The Labute approximate surface area is 204 Å². The lowest BCUT2D eigenvalue weighted by Gasteiger charge is -2.31. The highest BCUT2D eigenvalue weighted by Gasteiger charge is 2.33. The van der Waals surface area contributed by atoms with Gasteiger partial charge in [-0.05, 0) is 67.9 Å². The largest absolute Gasteiger partial charge is 0.457 e. The summed E-state index contributed by atoms with van der Waals surface area (Å²) in [5.74, 6) is 2.01. The Hall–Kier alpha value is -4.36. The molecule has 1 aliphatic carbocycles. The minimum Gasteiger partial charge on any atom is -0.457 e. The van der Waals surface area contributed by atoms with E-state index in [0.29, 0.717) is 0 Å². The summed E-state index contributed by atoms with van der Waals surface area (Å²) in [4.78, 5) is 0. The Bertz CT molecular complexity index is 1720. The summed E-state index contributed by atoms with van der Waals surface area (Å²) >= 11 is 0. The minimum absolute atomic E-state index is 0.0972. The lowest BCUT2D eigenvalue weighted by atomic mass is 9.78. The fourth-order valence-electron chi connectivity index (χ4n) is 6.27. The predicted molar refractivity (Wildman–Crippen MR) is 144 cm³/mol. The van der Waals surface area contributed by atoms with Gasteiger partial charge in [0.15, 0.2) is 0 Å². The van der Waals surface area contributed by atoms with Crippen LogP contribution in [0, 0.1) is 0 Å². The molecule has 8 rings (SSSR count). The molecule has 0 bridgehead atoms. The summed E-state index contributed by atoms with van der Waals surface area (Å²) in [7, 11) is 0. The van der Waals surface area contributed by atoms with Crippen LogP contribution < -0.4 is 4.74 Å². The first-order valence-electron chi connectivity index (χ1n) is 12.3. The molecule has 1 nitrogen and oxygen atoms in total. The zero-order valence-electron chi connectivity index (χ0n) is 19.2. The maximum Gasteiger partial charge on any atom is 0.132 e. The van der Waals surface area contributed by atoms with E-state index in [0.717, 1.165) is 17.9 Å². The fraction of sp³-hybridized carbons (Fsp3) is 0.0588. The molecule has 6 aromatic rings. The summed E-state index contributed by atoms with van der Waals surface area (Å²) in [6, 6.07) is 41.9. The Morgan fingerprint density at radius 3 is 1.83 bits per heavy atom. The highest BCUT2D eigenvalue weighted by molar-refractivity contribution is 5.95. The molecule has 0 saturated heterocycles. The van der Waals surface area contributed by atoms with Crippen molar-refractivity contribution in [2.75, 3.05) is 0 Å². The molecule has 35 heavy (non-hydrogen) atoms. The van der Waals surface area contributed by atoms with Crippen LogP contribution >= 0.6 is 0 Å². The van der Waals surface area contributed by atoms with Crippen molar-refractivity contribution in [3.05, 3.63) is 143 Å². The van der Waals surface area contributed by atoms with E-state index in [-0.39, 0.29) is 5.92 Å². The maximum atomic E-state index is 6.59. The number of hydrogen-bond acceptors (Lipinski definition) is 1. The lowest BCUT2D eigenvalue weighted by molar-refractivity contribution is 0.456. The number of fused-ring (bicyclic) bond motifs is 9. The van der Waals surface area contributed by atoms with Crippen molar-refractivity contribution in [1.29, 1.82) is 0 Å². The van der Waals surface area contributed by atoms with Crippen molar-refractivity contribution in [3.63, 3.8) is 0 Å². The van der Waals surface area contributed by atoms with Gasteiger partial charge < -0.3 is 4.74 Å². The Morgan fingerprint density at radius 1 is 0.514 bits per heavy atom. The first-order valence-corrected chi connectivity index (χ1v) is 12.3. The quantitative estimate of drug-likeness (QED) is 0.245. The van der Waals surface area contributed by atoms with Crippen molar-refractivity contribution in [1.82, 2.24) is 0 Å². The second-order valence-electron chi connectivity index (χ2n) is 9.68. The monoisotopic (exact) mass is 446 g/mol. The average Bonchev–Trinajstić information content (AvgIpc) is 3.29. The van der Waals surface area contributed by atoms with Crippen molar-refractivity contribution < 1.29 is 4.74 Å². The van der Waals surface area contributed by atoms with Crippen molar-refractivity contribution in [2.24, 2.45) is 0 Å². The van der Waals surface area contributed by atoms with Crippen molar-refractivity contribution in [2.45, 2.75) is 12.3 Å². The number of rotatable bonds is 1. The van der Waals surface area contributed by atoms with E-state index < -0.39 is 0 Å². The normalized spacial score (nSPS) is 13.7. The third-order valence-corrected chi connectivity index (χ3v) is 7.81. The molecule has 1 aliphatic heterocycles. The molecule has 164 valence electrons. The van der Waals surface area contributed by atoms with E-state index >= 15 is 0 Å². The topological polar surface area (TPSA) is 9.23 Å². The average molecular weight is 447 g/mol. The number of ether oxygens (including phenoxy) is 1. The molecule has 2 aliphatic rings.